The maximum atomic E-state index is 12.9. The molecular formula is C21H21F3N6O2. The van der Waals surface area contributed by atoms with Gasteiger partial charge in [0.05, 0.1) is 31.0 Å². The minimum atomic E-state index is -4.37. The highest BCUT2D eigenvalue weighted by Gasteiger charge is 2.30. The van der Waals surface area contributed by atoms with E-state index < -0.39 is 11.7 Å². The van der Waals surface area contributed by atoms with E-state index in [0.29, 0.717) is 43.9 Å². The number of aromatic nitrogens is 5. The summed E-state index contributed by atoms with van der Waals surface area (Å²) in [5.74, 6) is -0.0185. The van der Waals surface area contributed by atoms with Crippen LogP contribution in [0.2, 0.25) is 0 Å². The number of hydrogen-bond acceptors (Lipinski definition) is 6. The highest BCUT2D eigenvalue weighted by Crippen LogP contribution is 2.30. The summed E-state index contributed by atoms with van der Waals surface area (Å²) in [6, 6.07) is 8.89. The molecule has 1 aromatic carbocycles. The number of carbonyl (C=O) groups is 1. The Morgan fingerprint density at radius 2 is 2.06 bits per heavy atom. The summed E-state index contributed by atoms with van der Waals surface area (Å²) < 4.78 is 46.0. The van der Waals surface area contributed by atoms with Gasteiger partial charge in [0.1, 0.15) is 12.4 Å². The molecule has 3 aromatic rings. The zero-order chi connectivity index (χ0) is 22.6. The highest BCUT2D eigenvalue weighted by molar-refractivity contribution is 5.76. The normalized spacial score (nSPS) is 16.8. The number of tetrazole rings is 1. The lowest BCUT2D eigenvalue weighted by Crippen LogP contribution is -2.42. The van der Waals surface area contributed by atoms with Gasteiger partial charge >= 0.3 is 6.18 Å². The van der Waals surface area contributed by atoms with Crippen molar-refractivity contribution in [2.24, 2.45) is 0 Å². The number of alkyl halides is 3. The van der Waals surface area contributed by atoms with Gasteiger partial charge < -0.3 is 9.64 Å². The molecule has 4 rings (SSSR count). The number of pyridine rings is 1. The van der Waals surface area contributed by atoms with Crippen molar-refractivity contribution in [2.45, 2.75) is 31.7 Å². The molecule has 11 heteroatoms. The molecule has 1 fully saturated rings. The Hall–Kier alpha value is -3.34. The van der Waals surface area contributed by atoms with Crippen LogP contribution in [-0.4, -0.2) is 55.7 Å². The molecule has 8 nitrogen and oxygen atoms in total. The summed E-state index contributed by atoms with van der Waals surface area (Å²) >= 11 is 0. The van der Waals surface area contributed by atoms with E-state index in [9.17, 15) is 18.0 Å². The van der Waals surface area contributed by atoms with Crippen molar-refractivity contribution < 1.29 is 22.7 Å². The summed E-state index contributed by atoms with van der Waals surface area (Å²) in [4.78, 5) is 18.7. The Balaban J connectivity index is 1.35. The maximum Gasteiger partial charge on any atom is 0.416 e. The molecule has 0 radical (unpaired) electrons. The van der Waals surface area contributed by atoms with Crippen LogP contribution >= 0.6 is 0 Å². The van der Waals surface area contributed by atoms with Crippen molar-refractivity contribution in [1.82, 2.24) is 30.1 Å². The second-order valence-electron chi connectivity index (χ2n) is 7.49. The van der Waals surface area contributed by atoms with Crippen molar-refractivity contribution in [3.63, 3.8) is 0 Å². The van der Waals surface area contributed by atoms with Gasteiger partial charge in [0.2, 0.25) is 5.91 Å². The molecule has 2 aromatic heterocycles. The average Bonchev–Trinajstić information content (AvgIpc) is 3.31. The Kier molecular flexibility index (Phi) is 6.45. The van der Waals surface area contributed by atoms with Crippen LogP contribution < -0.4 is 0 Å². The van der Waals surface area contributed by atoms with Crippen LogP contribution in [0, 0.1) is 0 Å². The first-order valence-electron chi connectivity index (χ1n) is 10.1. The zero-order valence-electron chi connectivity index (χ0n) is 17.1. The summed E-state index contributed by atoms with van der Waals surface area (Å²) in [6.07, 6.45) is -1.02. The molecular weight excluding hydrogens is 425 g/mol. The van der Waals surface area contributed by atoms with E-state index in [-0.39, 0.29) is 18.4 Å². The zero-order valence-corrected chi connectivity index (χ0v) is 17.1. The molecule has 0 unspecified atom stereocenters. The van der Waals surface area contributed by atoms with Crippen LogP contribution in [0.1, 0.15) is 34.9 Å². The minimum absolute atomic E-state index is 0.0185. The fourth-order valence-electron chi connectivity index (χ4n) is 3.53. The predicted octanol–water partition coefficient (Wildman–Crippen LogP) is 2.67. The number of nitrogens with zero attached hydrogens (tertiary/aromatic N) is 6. The topological polar surface area (TPSA) is 86.0 Å². The van der Waals surface area contributed by atoms with E-state index in [1.165, 1.54) is 17.1 Å². The number of rotatable bonds is 6. The summed E-state index contributed by atoms with van der Waals surface area (Å²) in [6.45, 7) is 1.68. The largest absolute Gasteiger partial charge is 0.416 e. The van der Waals surface area contributed by atoms with Crippen molar-refractivity contribution in [3.8, 4) is 0 Å². The summed E-state index contributed by atoms with van der Waals surface area (Å²) in [5.41, 5.74) is 1.36. The minimum Gasteiger partial charge on any atom is -0.368 e. The number of benzene rings is 1. The van der Waals surface area contributed by atoms with Crippen molar-refractivity contribution in [1.29, 1.82) is 0 Å². The van der Waals surface area contributed by atoms with E-state index in [1.54, 1.807) is 23.2 Å². The van der Waals surface area contributed by atoms with Gasteiger partial charge in [0, 0.05) is 19.2 Å². The standard InChI is InChI=1S/C21H21F3N6O2/c22-21(23,24)17-3-1-2-15(11-17)10-16-4-5-18(25-12-16)19-13-29(8-9-32-19)20(31)6-7-30-14-26-27-28-30/h1-5,11-12,14,19H,6-10,13H2/t19-/m1/s1. The molecule has 0 N–H and O–H groups in total. The van der Waals surface area contributed by atoms with Gasteiger partial charge in [0.25, 0.3) is 0 Å². The molecule has 1 amide bonds. The van der Waals surface area contributed by atoms with Crippen LogP contribution in [0.3, 0.4) is 0 Å². The molecule has 0 bridgehead atoms. The molecule has 0 saturated carbocycles. The number of hydrogen-bond donors (Lipinski definition) is 0. The predicted molar refractivity (Wildman–Crippen MR) is 106 cm³/mol. The van der Waals surface area contributed by atoms with E-state index >= 15 is 0 Å². The molecule has 0 aliphatic carbocycles. The first-order chi connectivity index (χ1) is 15.4. The Labute approximate surface area is 182 Å². The molecule has 0 spiro atoms. The number of aryl methyl sites for hydroxylation is 1. The number of ether oxygens (including phenoxy) is 1. The van der Waals surface area contributed by atoms with Crippen LogP contribution in [0.25, 0.3) is 0 Å². The van der Waals surface area contributed by atoms with Gasteiger partial charge in [-0.25, -0.2) is 4.68 Å². The number of morpholine rings is 1. The fraction of sp³-hybridized carbons (Fsp3) is 0.381. The molecule has 1 atom stereocenters. The third-order valence-electron chi connectivity index (χ3n) is 5.21. The maximum absolute atomic E-state index is 12.9. The Bertz CT molecular complexity index is 1040. The van der Waals surface area contributed by atoms with E-state index in [2.05, 4.69) is 20.5 Å². The molecule has 1 saturated heterocycles. The third kappa shape index (κ3) is 5.47. The Morgan fingerprint density at radius 3 is 2.78 bits per heavy atom. The van der Waals surface area contributed by atoms with Crippen LogP contribution in [0.15, 0.2) is 48.9 Å². The molecule has 32 heavy (non-hydrogen) atoms. The molecule has 1 aliphatic heterocycles. The first-order valence-corrected chi connectivity index (χ1v) is 10.1. The average molecular weight is 446 g/mol. The lowest BCUT2D eigenvalue weighted by molar-refractivity contribution is -0.139. The van der Waals surface area contributed by atoms with Gasteiger partial charge in [-0.3, -0.25) is 9.78 Å². The fourth-order valence-corrected chi connectivity index (χ4v) is 3.53. The first kappa shape index (κ1) is 21.9. The van der Waals surface area contributed by atoms with Crippen molar-refractivity contribution in [2.75, 3.05) is 19.7 Å². The van der Waals surface area contributed by atoms with E-state index in [4.69, 9.17) is 4.74 Å². The van der Waals surface area contributed by atoms with Crippen LogP contribution in [0.5, 0.6) is 0 Å². The second-order valence-corrected chi connectivity index (χ2v) is 7.49. The van der Waals surface area contributed by atoms with Crippen LogP contribution in [0.4, 0.5) is 13.2 Å². The SMILES string of the molecule is O=C(CCn1cnnn1)N1CCO[C@@H](c2ccc(Cc3cccc(C(F)(F)F)c3)cn2)C1. The van der Waals surface area contributed by atoms with Crippen LogP contribution in [-0.2, 0) is 28.7 Å². The van der Waals surface area contributed by atoms with Gasteiger partial charge in [0.15, 0.2) is 0 Å². The van der Waals surface area contributed by atoms with Gasteiger partial charge in [-0.15, -0.1) is 5.10 Å². The van der Waals surface area contributed by atoms with Gasteiger partial charge in [-0.1, -0.05) is 24.3 Å². The van der Waals surface area contributed by atoms with Crippen molar-refractivity contribution >= 4 is 5.91 Å². The van der Waals surface area contributed by atoms with Crippen molar-refractivity contribution in [3.05, 3.63) is 71.3 Å². The third-order valence-corrected chi connectivity index (χ3v) is 5.21. The number of amides is 1. The second kappa shape index (κ2) is 9.43. The number of halogens is 3. The smallest absolute Gasteiger partial charge is 0.368 e. The van der Waals surface area contributed by atoms with E-state index in [0.717, 1.165) is 17.7 Å². The Morgan fingerprint density at radius 1 is 1.19 bits per heavy atom. The summed E-state index contributed by atoms with van der Waals surface area (Å²) in [5, 5.41) is 10.8. The quantitative estimate of drug-likeness (QED) is 0.579. The lowest BCUT2D eigenvalue weighted by atomic mass is 10.0. The highest BCUT2D eigenvalue weighted by atomic mass is 19.4. The van der Waals surface area contributed by atoms with Gasteiger partial charge in [-0.2, -0.15) is 13.2 Å². The van der Waals surface area contributed by atoms with E-state index in [1.807, 2.05) is 6.07 Å². The monoisotopic (exact) mass is 446 g/mol. The molecule has 1 aliphatic rings. The summed E-state index contributed by atoms with van der Waals surface area (Å²) in [7, 11) is 0. The lowest BCUT2D eigenvalue weighted by Gasteiger charge is -2.32. The molecule has 3 heterocycles. The van der Waals surface area contributed by atoms with Gasteiger partial charge in [-0.05, 0) is 40.1 Å². The number of carbonyl (C=O) groups excluding carboxylic acids is 1. The molecule has 168 valence electrons.